The van der Waals surface area contributed by atoms with E-state index in [1.54, 1.807) is 18.2 Å². The molecule has 1 atom stereocenters. The van der Waals surface area contributed by atoms with Crippen LogP contribution in [-0.2, 0) is 16.1 Å². The molecular weight excluding hydrogens is 371 g/mol. The largest absolute Gasteiger partial charge is 0.449 e. The van der Waals surface area contributed by atoms with Gasteiger partial charge in [0, 0.05) is 23.5 Å². The number of hydrogen-bond donors (Lipinski definition) is 1. The van der Waals surface area contributed by atoms with Gasteiger partial charge in [0.25, 0.3) is 5.91 Å². The topological polar surface area (TPSA) is 68.3 Å². The summed E-state index contributed by atoms with van der Waals surface area (Å²) in [4.78, 5) is 29.8. The fourth-order valence-corrected chi connectivity index (χ4v) is 3.17. The van der Waals surface area contributed by atoms with Crippen molar-refractivity contribution >= 4 is 22.8 Å². The number of ether oxygens (including phenoxy) is 1. The van der Waals surface area contributed by atoms with Crippen LogP contribution in [0.3, 0.4) is 0 Å². The van der Waals surface area contributed by atoms with Crippen molar-refractivity contribution in [2.24, 2.45) is 0 Å². The Kier molecular flexibility index (Phi) is 5.25. The number of esters is 1. The van der Waals surface area contributed by atoms with Gasteiger partial charge in [-0.25, -0.2) is 9.18 Å². The fourth-order valence-electron chi connectivity index (χ4n) is 3.17. The fraction of sp³-hybridized carbons (Fsp3) is 0.261. The molecule has 1 aromatic heterocycles. The molecule has 1 fully saturated rings. The number of carbonyl (C=O) groups is 2. The maximum Gasteiger partial charge on any atom is 0.339 e. The number of nitrogens with one attached hydrogen (secondary N) is 1. The van der Waals surface area contributed by atoms with Gasteiger partial charge in [-0.15, -0.1) is 0 Å². The number of benzene rings is 2. The SMILES string of the molecule is C[C@@H](OC(=O)c1cc(C2CC2)nc2ccccc12)C(=O)NCc1ccc(F)cc1. The Balaban J connectivity index is 1.45. The summed E-state index contributed by atoms with van der Waals surface area (Å²) < 4.78 is 18.4. The minimum absolute atomic E-state index is 0.227. The van der Waals surface area contributed by atoms with E-state index in [1.807, 2.05) is 24.3 Å². The minimum Gasteiger partial charge on any atom is -0.449 e. The van der Waals surface area contributed by atoms with Crippen molar-refractivity contribution < 1.29 is 18.7 Å². The molecule has 0 saturated heterocycles. The highest BCUT2D eigenvalue weighted by molar-refractivity contribution is 6.04. The van der Waals surface area contributed by atoms with Crippen molar-refractivity contribution in [2.75, 3.05) is 0 Å². The molecule has 5 nitrogen and oxygen atoms in total. The molecule has 0 unspecified atom stereocenters. The molecule has 1 aliphatic carbocycles. The van der Waals surface area contributed by atoms with Gasteiger partial charge in [-0.1, -0.05) is 30.3 Å². The second-order valence-corrected chi connectivity index (χ2v) is 7.28. The number of nitrogens with zero attached hydrogens (tertiary/aromatic N) is 1. The van der Waals surface area contributed by atoms with E-state index in [4.69, 9.17) is 4.74 Å². The predicted octanol–water partition coefficient (Wildman–Crippen LogP) is 4.11. The monoisotopic (exact) mass is 392 g/mol. The van der Waals surface area contributed by atoms with Crippen LogP contribution in [0.25, 0.3) is 10.9 Å². The van der Waals surface area contributed by atoms with Gasteiger partial charge in [0.15, 0.2) is 6.10 Å². The second kappa shape index (κ2) is 7.99. The third-order valence-electron chi connectivity index (χ3n) is 4.98. The van der Waals surface area contributed by atoms with E-state index in [1.165, 1.54) is 19.1 Å². The molecule has 29 heavy (non-hydrogen) atoms. The summed E-state index contributed by atoms with van der Waals surface area (Å²) in [6, 6.07) is 15.1. The van der Waals surface area contributed by atoms with Gasteiger partial charge in [0.2, 0.25) is 0 Å². The highest BCUT2D eigenvalue weighted by Crippen LogP contribution is 2.40. The summed E-state index contributed by atoms with van der Waals surface area (Å²) in [6.07, 6.45) is 1.18. The number of aromatic nitrogens is 1. The number of pyridine rings is 1. The number of para-hydroxylation sites is 1. The Hall–Kier alpha value is -3.28. The lowest BCUT2D eigenvalue weighted by Crippen LogP contribution is -2.35. The zero-order valence-corrected chi connectivity index (χ0v) is 16.0. The van der Waals surface area contributed by atoms with Crippen LogP contribution >= 0.6 is 0 Å². The molecular formula is C23H21FN2O3. The molecule has 148 valence electrons. The van der Waals surface area contributed by atoms with Crippen LogP contribution in [0.4, 0.5) is 4.39 Å². The van der Waals surface area contributed by atoms with Crippen LogP contribution in [0, 0.1) is 5.82 Å². The summed E-state index contributed by atoms with van der Waals surface area (Å²) in [6.45, 7) is 1.76. The van der Waals surface area contributed by atoms with Gasteiger partial charge < -0.3 is 10.1 Å². The van der Waals surface area contributed by atoms with Crippen molar-refractivity contribution in [3.8, 4) is 0 Å². The van der Waals surface area contributed by atoms with Gasteiger partial charge in [0.05, 0.1) is 11.1 Å². The first kappa shape index (κ1) is 19.1. The number of hydrogen-bond acceptors (Lipinski definition) is 4. The highest BCUT2D eigenvalue weighted by Gasteiger charge is 2.28. The van der Waals surface area contributed by atoms with E-state index >= 15 is 0 Å². The first-order valence-corrected chi connectivity index (χ1v) is 9.64. The molecule has 0 radical (unpaired) electrons. The number of fused-ring (bicyclic) bond motifs is 1. The number of carbonyl (C=O) groups excluding carboxylic acids is 2. The Labute approximate surface area is 167 Å². The Morgan fingerprint density at radius 3 is 2.62 bits per heavy atom. The third kappa shape index (κ3) is 4.42. The van der Waals surface area contributed by atoms with Gasteiger partial charge in [-0.05, 0) is 49.6 Å². The molecule has 1 aliphatic rings. The van der Waals surface area contributed by atoms with E-state index in [0.29, 0.717) is 16.9 Å². The van der Waals surface area contributed by atoms with E-state index in [-0.39, 0.29) is 12.4 Å². The molecule has 1 N–H and O–H groups in total. The summed E-state index contributed by atoms with van der Waals surface area (Å²) in [7, 11) is 0. The first-order chi connectivity index (χ1) is 14.0. The average molecular weight is 392 g/mol. The minimum atomic E-state index is -0.959. The third-order valence-corrected chi connectivity index (χ3v) is 4.98. The average Bonchev–Trinajstić information content (AvgIpc) is 3.57. The molecule has 1 saturated carbocycles. The van der Waals surface area contributed by atoms with Crippen LogP contribution < -0.4 is 5.32 Å². The molecule has 1 heterocycles. The maximum atomic E-state index is 13.0. The molecule has 1 amide bonds. The summed E-state index contributed by atoms with van der Waals surface area (Å²) in [5.41, 5.74) is 2.82. The van der Waals surface area contributed by atoms with Crippen LogP contribution in [0.2, 0.25) is 0 Å². The number of halogens is 1. The van der Waals surface area contributed by atoms with Crippen molar-refractivity contribution in [1.82, 2.24) is 10.3 Å². The Bertz CT molecular complexity index is 1060. The summed E-state index contributed by atoms with van der Waals surface area (Å²) >= 11 is 0. The van der Waals surface area contributed by atoms with E-state index in [0.717, 1.165) is 29.6 Å². The second-order valence-electron chi connectivity index (χ2n) is 7.28. The summed E-state index contributed by atoms with van der Waals surface area (Å²) in [5, 5.41) is 3.41. The van der Waals surface area contributed by atoms with Gasteiger partial charge >= 0.3 is 5.97 Å². The van der Waals surface area contributed by atoms with Gasteiger partial charge in [-0.2, -0.15) is 0 Å². The zero-order valence-electron chi connectivity index (χ0n) is 16.0. The van der Waals surface area contributed by atoms with Crippen molar-refractivity contribution in [3.05, 3.63) is 77.2 Å². The summed E-state index contributed by atoms with van der Waals surface area (Å²) in [5.74, 6) is -0.904. The molecule has 0 bridgehead atoms. The van der Waals surface area contributed by atoms with Gasteiger partial charge in [-0.3, -0.25) is 9.78 Å². The van der Waals surface area contributed by atoms with E-state index in [2.05, 4.69) is 10.3 Å². The van der Waals surface area contributed by atoms with Gasteiger partial charge in [0.1, 0.15) is 5.82 Å². The number of rotatable bonds is 6. The van der Waals surface area contributed by atoms with Crippen molar-refractivity contribution in [1.29, 1.82) is 0 Å². The molecule has 2 aromatic carbocycles. The standard InChI is InChI=1S/C23H21FN2O3/c1-14(22(27)25-13-15-6-10-17(24)11-7-15)29-23(28)19-12-21(16-8-9-16)26-20-5-3-2-4-18(19)20/h2-7,10-12,14,16H,8-9,13H2,1H3,(H,25,27)/t14-/m1/s1. The Morgan fingerprint density at radius 2 is 1.90 bits per heavy atom. The van der Waals surface area contributed by atoms with Crippen molar-refractivity contribution in [3.63, 3.8) is 0 Å². The molecule has 3 aromatic rings. The van der Waals surface area contributed by atoms with Crippen LogP contribution in [-0.4, -0.2) is 23.0 Å². The zero-order chi connectivity index (χ0) is 20.4. The van der Waals surface area contributed by atoms with E-state index in [9.17, 15) is 14.0 Å². The predicted molar refractivity (Wildman–Crippen MR) is 107 cm³/mol. The molecule has 4 rings (SSSR count). The van der Waals surface area contributed by atoms with Crippen LogP contribution in [0.5, 0.6) is 0 Å². The van der Waals surface area contributed by atoms with Crippen LogP contribution in [0.1, 0.15) is 47.3 Å². The normalized spacial score (nSPS) is 14.4. The van der Waals surface area contributed by atoms with Crippen molar-refractivity contribution in [2.45, 2.75) is 38.3 Å². The maximum absolute atomic E-state index is 13.0. The lowest BCUT2D eigenvalue weighted by molar-refractivity contribution is -0.129. The molecule has 0 aliphatic heterocycles. The lowest BCUT2D eigenvalue weighted by atomic mass is 10.1. The number of amides is 1. The smallest absolute Gasteiger partial charge is 0.339 e. The Morgan fingerprint density at radius 1 is 1.17 bits per heavy atom. The van der Waals surface area contributed by atoms with E-state index < -0.39 is 18.0 Å². The molecule has 0 spiro atoms. The molecule has 6 heteroatoms. The first-order valence-electron chi connectivity index (χ1n) is 9.64. The van der Waals surface area contributed by atoms with Crippen LogP contribution in [0.15, 0.2) is 54.6 Å². The quantitative estimate of drug-likeness (QED) is 0.641. The lowest BCUT2D eigenvalue weighted by Gasteiger charge is -2.15. The highest BCUT2D eigenvalue weighted by atomic mass is 19.1.